The minimum absolute atomic E-state index is 0.00283. The molecular weight excluding hydrogens is 300 g/mol. The molecule has 0 aliphatic heterocycles. The van der Waals surface area contributed by atoms with Crippen LogP contribution in [0.3, 0.4) is 0 Å². The van der Waals surface area contributed by atoms with Crippen LogP contribution in [0.4, 0.5) is 5.69 Å². The number of aromatic carboxylic acids is 1. The zero-order valence-electron chi connectivity index (χ0n) is 13.2. The maximum absolute atomic E-state index is 12.2. The number of hydrogen-bond donors (Lipinski definition) is 2. The highest BCUT2D eigenvalue weighted by atomic mass is 16.6. The lowest BCUT2D eigenvalue weighted by molar-refractivity contribution is -0.384. The Morgan fingerprint density at radius 2 is 1.91 bits per heavy atom. The molecule has 2 N–H and O–H groups in total. The maximum atomic E-state index is 12.2. The quantitative estimate of drug-likeness (QED) is 0.593. The standard InChI is InChI=1S/C16H20N2O5/c1-10(2)8-16(3-4-16)9-17-14(19)11-5-12(15(20)21)7-13(6-11)18(22)23/h5-7,10H,3-4,8-9H2,1-2H3,(H,17,19)(H,20,21). The first-order chi connectivity index (χ1) is 10.7. The molecule has 1 aromatic carbocycles. The fraction of sp³-hybridized carbons (Fsp3) is 0.500. The lowest BCUT2D eigenvalue weighted by Gasteiger charge is -2.18. The van der Waals surface area contributed by atoms with Crippen molar-refractivity contribution in [3.63, 3.8) is 0 Å². The predicted molar refractivity (Wildman–Crippen MR) is 83.5 cm³/mol. The summed E-state index contributed by atoms with van der Waals surface area (Å²) in [6.45, 7) is 4.76. The van der Waals surface area contributed by atoms with Crippen LogP contribution in [0, 0.1) is 21.4 Å². The number of nitro benzene ring substituents is 1. The highest BCUT2D eigenvalue weighted by Gasteiger charge is 2.42. The van der Waals surface area contributed by atoms with Crippen LogP contribution in [-0.4, -0.2) is 28.5 Å². The molecule has 1 amide bonds. The number of carbonyl (C=O) groups excluding carboxylic acids is 1. The third-order valence-corrected chi connectivity index (χ3v) is 4.06. The summed E-state index contributed by atoms with van der Waals surface area (Å²) in [5.74, 6) is -1.25. The van der Waals surface area contributed by atoms with Crippen LogP contribution in [0.15, 0.2) is 18.2 Å². The number of carboxylic acid groups (broad SMARTS) is 1. The minimum Gasteiger partial charge on any atom is -0.478 e. The zero-order chi connectivity index (χ0) is 17.2. The smallest absolute Gasteiger partial charge is 0.335 e. The Morgan fingerprint density at radius 3 is 2.39 bits per heavy atom. The number of nitro groups is 1. The summed E-state index contributed by atoms with van der Waals surface area (Å²) >= 11 is 0. The number of nitrogens with zero attached hydrogens (tertiary/aromatic N) is 1. The number of rotatable bonds is 7. The van der Waals surface area contributed by atoms with E-state index in [0.717, 1.165) is 37.5 Å². The van der Waals surface area contributed by atoms with Crippen molar-refractivity contribution in [1.82, 2.24) is 5.32 Å². The minimum atomic E-state index is -1.30. The molecule has 1 fully saturated rings. The number of carbonyl (C=O) groups is 2. The molecule has 1 aromatic rings. The number of carboxylic acids is 1. The van der Waals surface area contributed by atoms with Gasteiger partial charge in [0.2, 0.25) is 0 Å². The largest absolute Gasteiger partial charge is 0.478 e. The topological polar surface area (TPSA) is 110 Å². The van der Waals surface area contributed by atoms with Crippen LogP contribution in [0.1, 0.15) is 53.8 Å². The fourth-order valence-electron chi connectivity index (χ4n) is 2.84. The molecule has 0 heterocycles. The van der Waals surface area contributed by atoms with Crippen molar-refractivity contribution in [3.05, 3.63) is 39.4 Å². The van der Waals surface area contributed by atoms with Crippen LogP contribution in [0.2, 0.25) is 0 Å². The van der Waals surface area contributed by atoms with Crippen LogP contribution < -0.4 is 5.32 Å². The first-order valence-corrected chi connectivity index (χ1v) is 7.53. The van der Waals surface area contributed by atoms with Gasteiger partial charge in [-0.1, -0.05) is 13.8 Å². The van der Waals surface area contributed by atoms with E-state index in [2.05, 4.69) is 19.2 Å². The number of nitrogens with one attached hydrogen (secondary N) is 1. The van der Waals surface area contributed by atoms with E-state index in [1.54, 1.807) is 0 Å². The Morgan fingerprint density at radius 1 is 1.30 bits per heavy atom. The first-order valence-electron chi connectivity index (χ1n) is 7.53. The van der Waals surface area contributed by atoms with Crippen molar-refractivity contribution in [3.8, 4) is 0 Å². The van der Waals surface area contributed by atoms with E-state index in [4.69, 9.17) is 5.11 Å². The van der Waals surface area contributed by atoms with Gasteiger partial charge in [-0.2, -0.15) is 0 Å². The Bertz CT molecular complexity index is 618. The number of amides is 1. The van der Waals surface area contributed by atoms with Gasteiger partial charge in [-0.25, -0.2) is 4.79 Å². The summed E-state index contributed by atoms with van der Waals surface area (Å²) in [6.07, 6.45) is 3.13. The van der Waals surface area contributed by atoms with Gasteiger partial charge >= 0.3 is 5.97 Å². The summed E-state index contributed by atoms with van der Waals surface area (Å²) in [5.41, 5.74) is -0.553. The van der Waals surface area contributed by atoms with Crippen molar-refractivity contribution in [2.24, 2.45) is 11.3 Å². The molecule has 1 saturated carbocycles. The SMILES string of the molecule is CC(C)CC1(CNC(=O)c2cc(C(=O)O)cc([N+](=O)[O-])c2)CC1. The second kappa shape index (κ2) is 6.36. The van der Waals surface area contributed by atoms with Gasteiger partial charge in [0.05, 0.1) is 10.5 Å². The molecule has 124 valence electrons. The van der Waals surface area contributed by atoms with Crippen molar-refractivity contribution in [1.29, 1.82) is 0 Å². The summed E-state index contributed by atoms with van der Waals surface area (Å²) in [6, 6.07) is 3.21. The van der Waals surface area contributed by atoms with E-state index in [1.807, 2.05) is 0 Å². The molecule has 2 rings (SSSR count). The molecule has 23 heavy (non-hydrogen) atoms. The van der Waals surface area contributed by atoms with Gasteiger partial charge in [0.1, 0.15) is 0 Å². The van der Waals surface area contributed by atoms with E-state index >= 15 is 0 Å². The van der Waals surface area contributed by atoms with Crippen LogP contribution in [-0.2, 0) is 0 Å². The third-order valence-electron chi connectivity index (χ3n) is 4.06. The first kappa shape index (κ1) is 16.9. The Kier molecular flexibility index (Phi) is 4.68. The van der Waals surface area contributed by atoms with Crippen molar-refractivity contribution in [2.75, 3.05) is 6.54 Å². The van der Waals surface area contributed by atoms with Gasteiger partial charge in [-0.05, 0) is 36.7 Å². The number of non-ortho nitro benzene ring substituents is 1. The molecule has 0 spiro atoms. The molecule has 0 atom stereocenters. The molecule has 7 heteroatoms. The normalized spacial score (nSPS) is 15.3. The van der Waals surface area contributed by atoms with Crippen molar-refractivity contribution >= 4 is 17.6 Å². The van der Waals surface area contributed by atoms with E-state index < -0.39 is 22.5 Å². The molecule has 0 aromatic heterocycles. The Hall–Kier alpha value is -2.44. The third kappa shape index (κ3) is 4.28. The Balaban J connectivity index is 2.12. The molecular formula is C16H20N2O5. The summed E-state index contributed by atoms with van der Waals surface area (Å²) < 4.78 is 0. The van der Waals surface area contributed by atoms with E-state index in [-0.39, 0.29) is 16.5 Å². The second-order valence-corrected chi connectivity index (χ2v) is 6.61. The van der Waals surface area contributed by atoms with Gasteiger partial charge in [0.15, 0.2) is 0 Å². The lowest BCUT2D eigenvalue weighted by Crippen LogP contribution is -2.31. The van der Waals surface area contributed by atoms with Gasteiger partial charge in [-0.3, -0.25) is 14.9 Å². The Labute approximate surface area is 133 Å². The predicted octanol–water partition coefficient (Wildman–Crippen LogP) is 2.85. The van der Waals surface area contributed by atoms with Crippen LogP contribution >= 0.6 is 0 Å². The highest BCUT2D eigenvalue weighted by molar-refractivity contribution is 5.98. The average Bonchev–Trinajstić information content (AvgIpc) is 3.23. The van der Waals surface area contributed by atoms with Gasteiger partial charge in [0.25, 0.3) is 11.6 Å². The summed E-state index contributed by atoms with van der Waals surface area (Å²) in [5, 5.41) is 22.7. The average molecular weight is 320 g/mol. The van der Waals surface area contributed by atoms with Crippen LogP contribution in [0.5, 0.6) is 0 Å². The van der Waals surface area contributed by atoms with Crippen molar-refractivity contribution in [2.45, 2.75) is 33.1 Å². The molecule has 1 aliphatic rings. The monoisotopic (exact) mass is 320 g/mol. The number of benzene rings is 1. The molecule has 0 unspecified atom stereocenters. The summed E-state index contributed by atoms with van der Waals surface area (Å²) in [7, 11) is 0. The van der Waals surface area contributed by atoms with Gasteiger partial charge in [0, 0.05) is 24.2 Å². The van der Waals surface area contributed by atoms with Gasteiger partial charge in [-0.15, -0.1) is 0 Å². The van der Waals surface area contributed by atoms with Crippen LogP contribution in [0.25, 0.3) is 0 Å². The fourth-order valence-corrected chi connectivity index (χ4v) is 2.84. The second-order valence-electron chi connectivity index (χ2n) is 6.61. The highest BCUT2D eigenvalue weighted by Crippen LogP contribution is 2.50. The molecule has 7 nitrogen and oxygen atoms in total. The summed E-state index contributed by atoms with van der Waals surface area (Å²) in [4.78, 5) is 33.4. The molecule has 0 bridgehead atoms. The zero-order valence-corrected chi connectivity index (χ0v) is 13.2. The van der Waals surface area contributed by atoms with E-state index in [1.165, 1.54) is 0 Å². The lowest BCUT2D eigenvalue weighted by atomic mass is 9.94. The molecule has 0 saturated heterocycles. The van der Waals surface area contributed by atoms with Crippen molar-refractivity contribution < 1.29 is 19.6 Å². The maximum Gasteiger partial charge on any atom is 0.335 e. The van der Waals surface area contributed by atoms with Gasteiger partial charge < -0.3 is 10.4 Å². The number of hydrogen-bond acceptors (Lipinski definition) is 4. The molecule has 1 aliphatic carbocycles. The van der Waals surface area contributed by atoms with E-state index in [0.29, 0.717) is 12.5 Å². The van der Waals surface area contributed by atoms with E-state index in [9.17, 15) is 19.7 Å². The molecule has 0 radical (unpaired) electrons.